The normalized spacial score (nSPS) is 10.3. The van der Waals surface area contributed by atoms with Crippen LogP contribution in [-0.2, 0) is 6.54 Å². The Morgan fingerprint density at radius 3 is 2.68 bits per heavy atom. The van der Waals surface area contributed by atoms with Crippen molar-refractivity contribution in [1.82, 2.24) is 0 Å². The maximum absolute atomic E-state index is 13.5. The van der Waals surface area contributed by atoms with E-state index in [-0.39, 0.29) is 11.6 Å². The van der Waals surface area contributed by atoms with E-state index in [0.717, 1.165) is 5.56 Å². The van der Waals surface area contributed by atoms with Crippen molar-refractivity contribution in [2.24, 2.45) is 0 Å². The molecule has 2 aromatic carbocycles. The molecule has 0 unspecified atom stereocenters. The van der Waals surface area contributed by atoms with Crippen LogP contribution in [0.15, 0.2) is 36.4 Å². The fraction of sp³-hybridized carbons (Fsp3) is 0.143. The predicted octanol–water partition coefficient (Wildman–Crippen LogP) is 4.75. The molecule has 0 aromatic heterocycles. The SMILES string of the molecule is COc1ccc(CNc2cccc(Cl)c2Cl)cc1F. The highest BCUT2D eigenvalue weighted by molar-refractivity contribution is 6.43. The van der Waals surface area contributed by atoms with Gasteiger partial charge >= 0.3 is 0 Å². The zero-order valence-electron chi connectivity index (χ0n) is 10.2. The number of ether oxygens (including phenoxy) is 1. The summed E-state index contributed by atoms with van der Waals surface area (Å²) in [7, 11) is 1.43. The Labute approximate surface area is 121 Å². The van der Waals surface area contributed by atoms with Gasteiger partial charge in [-0.1, -0.05) is 35.3 Å². The lowest BCUT2D eigenvalue weighted by molar-refractivity contribution is 0.386. The van der Waals surface area contributed by atoms with Gasteiger partial charge in [-0.25, -0.2) is 4.39 Å². The topological polar surface area (TPSA) is 21.3 Å². The number of anilines is 1. The molecule has 0 fully saturated rings. The van der Waals surface area contributed by atoms with Gasteiger partial charge in [-0.15, -0.1) is 0 Å². The lowest BCUT2D eigenvalue weighted by atomic mass is 10.2. The van der Waals surface area contributed by atoms with Gasteiger partial charge in [-0.3, -0.25) is 0 Å². The zero-order chi connectivity index (χ0) is 13.8. The molecule has 2 nitrogen and oxygen atoms in total. The third-order valence-electron chi connectivity index (χ3n) is 2.65. The minimum absolute atomic E-state index is 0.226. The molecule has 0 saturated heterocycles. The maximum Gasteiger partial charge on any atom is 0.165 e. The Morgan fingerprint density at radius 1 is 1.21 bits per heavy atom. The molecule has 2 aromatic rings. The van der Waals surface area contributed by atoms with E-state index in [1.54, 1.807) is 24.3 Å². The average Bonchev–Trinajstić information content (AvgIpc) is 2.40. The monoisotopic (exact) mass is 299 g/mol. The molecule has 0 spiro atoms. The molecule has 0 saturated carbocycles. The Bertz CT molecular complexity index is 590. The van der Waals surface area contributed by atoms with Crippen LogP contribution in [0.5, 0.6) is 5.75 Å². The first-order valence-corrected chi connectivity index (χ1v) is 6.37. The number of benzene rings is 2. The Morgan fingerprint density at radius 2 is 2.00 bits per heavy atom. The van der Waals surface area contributed by atoms with Gasteiger partial charge in [0.05, 0.1) is 22.8 Å². The summed E-state index contributed by atoms with van der Waals surface area (Å²) < 4.78 is 18.4. The van der Waals surface area contributed by atoms with E-state index >= 15 is 0 Å². The van der Waals surface area contributed by atoms with Crippen LogP contribution in [0.1, 0.15) is 5.56 Å². The zero-order valence-corrected chi connectivity index (χ0v) is 11.7. The van der Waals surface area contributed by atoms with E-state index in [4.69, 9.17) is 27.9 Å². The highest BCUT2D eigenvalue weighted by Gasteiger charge is 2.06. The molecule has 0 heterocycles. The van der Waals surface area contributed by atoms with E-state index in [1.165, 1.54) is 13.2 Å². The van der Waals surface area contributed by atoms with Gasteiger partial charge < -0.3 is 10.1 Å². The van der Waals surface area contributed by atoms with Crippen LogP contribution in [0.25, 0.3) is 0 Å². The molecule has 0 amide bonds. The lowest BCUT2D eigenvalue weighted by Crippen LogP contribution is -2.01. The lowest BCUT2D eigenvalue weighted by Gasteiger charge is -2.10. The van der Waals surface area contributed by atoms with Crippen LogP contribution in [-0.4, -0.2) is 7.11 Å². The molecule has 19 heavy (non-hydrogen) atoms. The van der Waals surface area contributed by atoms with Gasteiger partial charge in [0.15, 0.2) is 11.6 Å². The highest BCUT2D eigenvalue weighted by Crippen LogP contribution is 2.30. The average molecular weight is 300 g/mol. The van der Waals surface area contributed by atoms with Crippen LogP contribution >= 0.6 is 23.2 Å². The summed E-state index contributed by atoms with van der Waals surface area (Å²) in [5.74, 6) is -0.163. The van der Waals surface area contributed by atoms with Crippen LogP contribution in [0.4, 0.5) is 10.1 Å². The largest absolute Gasteiger partial charge is 0.494 e. The maximum atomic E-state index is 13.5. The van der Waals surface area contributed by atoms with Crippen LogP contribution in [0.2, 0.25) is 10.0 Å². The van der Waals surface area contributed by atoms with Crippen molar-refractivity contribution >= 4 is 28.9 Å². The number of rotatable bonds is 4. The molecule has 0 bridgehead atoms. The Kier molecular flexibility index (Phi) is 4.51. The minimum atomic E-state index is -0.390. The standard InChI is InChI=1S/C14H12Cl2FNO/c1-19-13-6-5-9(7-11(13)17)8-18-12-4-2-3-10(15)14(12)16/h2-7,18H,8H2,1H3. The first-order valence-electron chi connectivity index (χ1n) is 5.62. The smallest absolute Gasteiger partial charge is 0.165 e. The molecule has 0 aliphatic rings. The fourth-order valence-electron chi connectivity index (χ4n) is 1.66. The van der Waals surface area contributed by atoms with Gasteiger partial charge in [-0.2, -0.15) is 0 Å². The number of methoxy groups -OCH3 is 1. The minimum Gasteiger partial charge on any atom is -0.494 e. The molecule has 5 heteroatoms. The van der Waals surface area contributed by atoms with E-state index in [1.807, 2.05) is 6.07 Å². The van der Waals surface area contributed by atoms with Gasteiger partial charge in [0.1, 0.15) is 0 Å². The second kappa shape index (κ2) is 6.13. The molecule has 100 valence electrons. The van der Waals surface area contributed by atoms with Gasteiger partial charge in [0.2, 0.25) is 0 Å². The predicted molar refractivity (Wildman–Crippen MR) is 76.7 cm³/mol. The molecular weight excluding hydrogens is 288 g/mol. The summed E-state index contributed by atoms with van der Waals surface area (Å²) in [5.41, 5.74) is 1.50. The number of hydrogen-bond acceptors (Lipinski definition) is 2. The summed E-state index contributed by atoms with van der Waals surface area (Å²) in [4.78, 5) is 0. The molecular formula is C14H12Cl2FNO. The van der Waals surface area contributed by atoms with E-state index in [0.29, 0.717) is 22.3 Å². The third kappa shape index (κ3) is 3.31. The Balaban J connectivity index is 2.10. The summed E-state index contributed by atoms with van der Waals surface area (Å²) in [5, 5.41) is 4.05. The molecule has 0 aliphatic heterocycles. The van der Waals surface area contributed by atoms with Crippen LogP contribution in [0, 0.1) is 5.82 Å². The Hall–Kier alpha value is -1.45. The quantitative estimate of drug-likeness (QED) is 0.879. The van der Waals surface area contributed by atoms with Gasteiger partial charge in [0, 0.05) is 6.54 Å². The fourth-order valence-corrected chi connectivity index (χ4v) is 2.02. The van der Waals surface area contributed by atoms with Crippen molar-refractivity contribution < 1.29 is 9.13 Å². The van der Waals surface area contributed by atoms with E-state index in [9.17, 15) is 4.39 Å². The summed E-state index contributed by atoms with van der Waals surface area (Å²) >= 11 is 12.0. The first kappa shape index (κ1) is 14.0. The molecule has 2 rings (SSSR count). The summed E-state index contributed by atoms with van der Waals surface area (Å²) in [6, 6.07) is 10.1. The molecule has 0 aliphatic carbocycles. The van der Waals surface area contributed by atoms with Crippen molar-refractivity contribution in [3.8, 4) is 5.75 Å². The van der Waals surface area contributed by atoms with Crippen LogP contribution < -0.4 is 10.1 Å². The van der Waals surface area contributed by atoms with Crippen molar-refractivity contribution in [1.29, 1.82) is 0 Å². The third-order valence-corrected chi connectivity index (χ3v) is 3.47. The molecule has 0 radical (unpaired) electrons. The number of hydrogen-bond donors (Lipinski definition) is 1. The van der Waals surface area contributed by atoms with Crippen molar-refractivity contribution in [3.05, 3.63) is 57.8 Å². The number of halogens is 3. The first-order chi connectivity index (χ1) is 9.11. The molecule has 1 N–H and O–H groups in total. The second-order valence-electron chi connectivity index (χ2n) is 3.92. The van der Waals surface area contributed by atoms with E-state index < -0.39 is 0 Å². The van der Waals surface area contributed by atoms with Gasteiger partial charge in [-0.05, 0) is 29.8 Å². The summed E-state index contributed by atoms with van der Waals surface area (Å²) in [6.45, 7) is 0.445. The van der Waals surface area contributed by atoms with Gasteiger partial charge in [0.25, 0.3) is 0 Å². The van der Waals surface area contributed by atoms with Crippen molar-refractivity contribution in [2.45, 2.75) is 6.54 Å². The highest BCUT2D eigenvalue weighted by atomic mass is 35.5. The van der Waals surface area contributed by atoms with Crippen molar-refractivity contribution in [2.75, 3.05) is 12.4 Å². The second-order valence-corrected chi connectivity index (χ2v) is 4.71. The van der Waals surface area contributed by atoms with E-state index in [2.05, 4.69) is 5.32 Å². The van der Waals surface area contributed by atoms with Crippen molar-refractivity contribution in [3.63, 3.8) is 0 Å². The summed E-state index contributed by atoms with van der Waals surface area (Å²) in [6.07, 6.45) is 0. The number of nitrogens with one attached hydrogen (secondary N) is 1. The molecule has 0 atom stereocenters. The van der Waals surface area contributed by atoms with Crippen LogP contribution in [0.3, 0.4) is 0 Å².